The molecule has 7 atom stereocenters. The lowest BCUT2D eigenvalue weighted by molar-refractivity contribution is -0.321. The molecule has 0 aromatic heterocycles. The third-order valence-electron chi connectivity index (χ3n) is 8.59. The van der Waals surface area contributed by atoms with Gasteiger partial charge in [0.05, 0.1) is 27.8 Å². The Kier molecular flexibility index (Phi) is 14.6. The van der Waals surface area contributed by atoms with Crippen molar-refractivity contribution < 1.29 is 57.1 Å². The van der Waals surface area contributed by atoms with Gasteiger partial charge in [-0.05, 0) is 110 Å². The Morgan fingerprint density at radius 2 is 1.21 bits per heavy atom. The Morgan fingerprint density at radius 3 is 1.64 bits per heavy atom. The molecule has 1 fully saturated rings. The summed E-state index contributed by atoms with van der Waals surface area (Å²) in [7, 11) is 0. The maximum Gasteiger partial charge on any atom is 0.311 e. The lowest BCUT2D eigenvalue weighted by atomic mass is 9.71. The van der Waals surface area contributed by atoms with E-state index in [2.05, 4.69) is 11.8 Å². The molecule has 0 radical (unpaired) electrons. The van der Waals surface area contributed by atoms with Crippen LogP contribution < -0.4 is 0 Å². The van der Waals surface area contributed by atoms with Gasteiger partial charge in [-0.1, -0.05) is 31.3 Å². The molecule has 1 aliphatic heterocycles. The Balaban J connectivity index is 2.73. The third-order valence-corrected chi connectivity index (χ3v) is 8.59. The van der Waals surface area contributed by atoms with E-state index in [0.29, 0.717) is 12.8 Å². The zero-order valence-corrected chi connectivity index (χ0v) is 35.1. The summed E-state index contributed by atoms with van der Waals surface area (Å²) in [5, 5.41) is 0. The van der Waals surface area contributed by atoms with Gasteiger partial charge in [0.25, 0.3) is 0 Å². The summed E-state index contributed by atoms with van der Waals surface area (Å²) in [6.45, 7) is 28.8. The van der Waals surface area contributed by atoms with Crippen LogP contribution >= 0.6 is 0 Å². The van der Waals surface area contributed by atoms with Crippen molar-refractivity contribution in [3.63, 3.8) is 0 Å². The molecular weight excluding hydrogens is 684 g/mol. The summed E-state index contributed by atoms with van der Waals surface area (Å²) in [5.41, 5.74) is -2.50. The van der Waals surface area contributed by atoms with Gasteiger partial charge in [0, 0.05) is 17.9 Å². The molecule has 12 nitrogen and oxygen atoms in total. The van der Waals surface area contributed by atoms with Crippen LogP contribution in [-0.4, -0.2) is 79.4 Å². The molecule has 0 bridgehead atoms. The molecule has 53 heavy (non-hydrogen) atoms. The number of hydrogen-bond donors (Lipinski definition) is 0. The number of rotatable bonds is 8. The first-order valence-corrected chi connectivity index (χ1v) is 18.3. The minimum atomic E-state index is -1.41. The first-order valence-electron chi connectivity index (χ1n) is 18.3. The van der Waals surface area contributed by atoms with Gasteiger partial charge in [-0.3, -0.25) is 24.0 Å². The van der Waals surface area contributed by atoms with Crippen LogP contribution in [-0.2, 0) is 57.1 Å². The highest BCUT2D eigenvalue weighted by molar-refractivity contribution is 5.78. The van der Waals surface area contributed by atoms with Gasteiger partial charge in [0.1, 0.15) is 12.7 Å². The van der Waals surface area contributed by atoms with Gasteiger partial charge < -0.3 is 33.2 Å². The lowest BCUT2D eigenvalue weighted by Gasteiger charge is -2.47. The van der Waals surface area contributed by atoms with Gasteiger partial charge >= 0.3 is 29.8 Å². The standard InChI is InChI=1S/C41H64O12/c1-23-20-26(21-41(16,17)27(23)19-18-24(2)48-25(3)42)49-32-31(53-36(46)40(13,14)15)30(52-35(45)39(10,11)12)29(51-34(44)38(7,8)9)28(50-32)22-47-33(43)37(4,5)6/h24,26,28-32H,20-22H2,1-17H3/t24-,26-,28-,29-,30+,31-,32-/m1/s1. The quantitative estimate of drug-likeness (QED) is 0.149. The van der Waals surface area contributed by atoms with Crippen LogP contribution in [0.5, 0.6) is 0 Å². The smallest absolute Gasteiger partial charge is 0.311 e. The predicted octanol–water partition coefficient (Wildman–Crippen LogP) is 6.65. The van der Waals surface area contributed by atoms with Crippen molar-refractivity contribution >= 4 is 29.8 Å². The van der Waals surface area contributed by atoms with Crippen LogP contribution in [0.4, 0.5) is 0 Å². The number of hydrogen-bond acceptors (Lipinski definition) is 12. The average molecular weight is 749 g/mol. The van der Waals surface area contributed by atoms with Crippen LogP contribution in [0.3, 0.4) is 0 Å². The zero-order chi connectivity index (χ0) is 41.1. The third kappa shape index (κ3) is 13.1. The van der Waals surface area contributed by atoms with Gasteiger partial charge in [-0.25, -0.2) is 0 Å². The highest BCUT2D eigenvalue weighted by atomic mass is 16.7. The fraction of sp³-hybridized carbons (Fsp3) is 0.780. The molecule has 0 aromatic carbocycles. The summed E-state index contributed by atoms with van der Waals surface area (Å²) >= 11 is 0. The predicted molar refractivity (Wildman–Crippen MR) is 197 cm³/mol. The summed E-state index contributed by atoms with van der Waals surface area (Å²) in [4.78, 5) is 65.1. The molecule has 1 saturated heterocycles. The molecule has 300 valence electrons. The van der Waals surface area contributed by atoms with E-state index < -0.39 is 99.8 Å². The van der Waals surface area contributed by atoms with Gasteiger partial charge in [-0.2, -0.15) is 0 Å². The molecular formula is C41H64O12. The van der Waals surface area contributed by atoms with Gasteiger partial charge in [0.2, 0.25) is 0 Å². The monoisotopic (exact) mass is 748 g/mol. The molecule has 1 aliphatic carbocycles. The largest absolute Gasteiger partial charge is 0.462 e. The van der Waals surface area contributed by atoms with Crippen molar-refractivity contribution in [1.29, 1.82) is 0 Å². The Labute approximate surface area is 316 Å². The molecule has 0 aromatic rings. The van der Waals surface area contributed by atoms with Crippen LogP contribution in [0.25, 0.3) is 0 Å². The highest BCUT2D eigenvalue weighted by Crippen LogP contribution is 2.43. The average Bonchev–Trinajstić information content (AvgIpc) is 2.95. The first-order chi connectivity index (χ1) is 23.8. The van der Waals surface area contributed by atoms with E-state index in [1.807, 2.05) is 20.8 Å². The SMILES string of the molecule is CC(=O)O[C@H](C)C#CC1=C(C)C[C@@H](O[C@@H]2O[C@H](COC(=O)C(C)(C)C)[C@@H](OC(=O)C(C)(C)C)[C@H](OC(=O)C(C)(C)C)[C@H]2OC(=O)C(C)(C)C)CC1(C)C. The van der Waals surface area contributed by atoms with Crippen molar-refractivity contribution in [2.24, 2.45) is 27.1 Å². The minimum absolute atomic E-state index is 0.378. The first kappa shape index (κ1) is 45.7. The Hall–Kier alpha value is -3.43. The summed E-state index contributed by atoms with van der Waals surface area (Å²) in [6.07, 6.45) is -6.87. The topological polar surface area (TPSA) is 150 Å². The number of carbonyl (C=O) groups excluding carboxylic acids is 5. The maximum atomic E-state index is 13.6. The molecule has 1 heterocycles. The number of allylic oxidation sites excluding steroid dienone is 1. The molecule has 0 unspecified atom stereocenters. The Morgan fingerprint density at radius 1 is 0.755 bits per heavy atom. The van der Waals surface area contributed by atoms with E-state index in [9.17, 15) is 24.0 Å². The second-order valence-corrected chi connectivity index (χ2v) is 19.0. The van der Waals surface area contributed by atoms with Crippen molar-refractivity contribution in [1.82, 2.24) is 0 Å². The zero-order valence-electron chi connectivity index (χ0n) is 35.1. The van der Waals surface area contributed by atoms with Crippen LogP contribution in [0.2, 0.25) is 0 Å². The van der Waals surface area contributed by atoms with Crippen molar-refractivity contribution in [2.45, 2.75) is 173 Å². The minimum Gasteiger partial charge on any atom is -0.462 e. The highest BCUT2D eigenvalue weighted by Gasteiger charge is 2.56. The Bertz CT molecular complexity index is 1460. The number of carbonyl (C=O) groups is 5. The van der Waals surface area contributed by atoms with Gasteiger partial charge in [0.15, 0.2) is 30.7 Å². The fourth-order valence-electron chi connectivity index (χ4n) is 5.58. The molecule has 0 N–H and O–H groups in total. The second kappa shape index (κ2) is 16.9. The molecule has 2 rings (SSSR count). The van der Waals surface area contributed by atoms with Crippen LogP contribution in [0, 0.1) is 38.9 Å². The lowest BCUT2D eigenvalue weighted by Crippen LogP contribution is -2.64. The van der Waals surface area contributed by atoms with E-state index in [4.69, 9.17) is 33.2 Å². The maximum absolute atomic E-state index is 13.6. The summed E-state index contributed by atoms with van der Waals surface area (Å²) in [6, 6.07) is 0. The van der Waals surface area contributed by atoms with E-state index in [0.717, 1.165) is 11.1 Å². The molecule has 0 saturated carbocycles. The molecule has 12 heteroatoms. The van der Waals surface area contributed by atoms with E-state index >= 15 is 0 Å². The molecule has 0 spiro atoms. The van der Waals surface area contributed by atoms with E-state index in [1.165, 1.54) is 6.92 Å². The van der Waals surface area contributed by atoms with Crippen molar-refractivity contribution in [3.05, 3.63) is 11.1 Å². The van der Waals surface area contributed by atoms with Crippen LogP contribution in [0.15, 0.2) is 11.1 Å². The second-order valence-electron chi connectivity index (χ2n) is 19.0. The van der Waals surface area contributed by atoms with Gasteiger partial charge in [-0.15, -0.1) is 0 Å². The fourth-order valence-corrected chi connectivity index (χ4v) is 5.58. The molecule has 2 aliphatic rings. The van der Waals surface area contributed by atoms with E-state index in [1.54, 1.807) is 90.0 Å². The normalized spacial score (nSPS) is 25.6. The van der Waals surface area contributed by atoms with E-state index in [-0.39, 0.29) is 6.61 Å². The summed E-state index contributed by atoms with van der Waals surface area (Å²) < 4.78 is 42.4. The van der Waals surface area contributed by atoms with Crippen molar-refractivity contribution in [3.8, 4) is 11.8 Å². The number of ether oxygens (including phenoxy) is 7. The molecule has 0 amide bonds. The number of esters is 5. The van der Waals surface area contributed by atoms with Crippen molar-refractivity contribution in [2.75, 3.05) is 6.61 Å². The van der Waals surface area contributed by atoms with Crippen LogP contribution in [0.1, 0.15) is 131 Å². The summed E-state index contributed by atoms with van der Waals surface area (Å²) in [5.74, 6) is 3.35.